The molecular weight excluding hydrogens is 378 g/mol. The van der Waals surface area contributed by atoms with E-state index in [9.17, 15) is 13.2 Å². The fraction of sp³-hybridized carbons (Fsp3) is 0.588. The van der Waals surface area contributed by atoms with E-state index in [4.69, 9.17) is 10.5 Å². The summed E-state index contributed by atoms with van der Waals surface area (Å²) in [5, 5.41) is 0. The van der Waals surface area contributed by atoms with Gasteiger partial charge in [0.1, 0.15) is 0 Å². The molecule has 0 unspecified atom stereocenters. The fourth-order valence-corrected chi connectivity index (χ4v) is 4.83. The summed E-state index contributed by atoms with van der Waals surface area (Å²) >= 11 is 0. The molecule has 2 aliphatic heterocycles. The van der Waals surface area contributed by atoms with Crippen LogP contribution in [0.4, 0.5) is 0 Å². The van der Waals surface area contributed by atoms with Crippen LogP contribution in [0.1, 0.15) is 18.4 Å². The summed E-state index contributed by atoms with van der Waals surface area (Å²) < 4.78 is 31.9. The van der Waals surface area contributed by atoms with Crippen LogP contribution in [0.15, 0.2) is 30.3 Å². The maximum atomic E-state index is 12.7. The molecule has 1 aromatic carbocycles. The standard InChI is InChI=1S/C17H25N3O4S.ClH/c18-17(6-12-24-13-7-17)16(21)19-8-10-20(11-9-19)25(22,23)14-15-4-2-1-3-5-15;/h1-5H,6-14,18H2;1H. The van der Waals surface area contributed by atoms with E-state index in [-0.39, 0.29) is 24.1 Å². The van der Waals surface area contributed by atoms with E-state index in [0.29, 0.717) is 52.2 Å². The molecule has 0 bridgehead atoms. The molecule has 1 aromatic rings. The Labute approximate surface area is 160 Å². The SMILES string of the molecule is Cl.NC1(C(=O)N2CCN(S(=O)(=O)Cc3ccccc3)CC2)CCOCC1. The van der Waals surface area contributed by atoms with Crippen molar-refractivity contribution in [1.82, 2.24) is 9.21 Å². The number of hydrogen-bond donors (Lipinski definition) is 1. The highest BCUT2D eigenvalue weighted by Gasteiger charge is 2.40. The van der Waals surface area contributed by atoms with Crippen LogP contribution in [0.5, 0.6) is 0 Å². The molecular formula is C17H26ClN3O4S. The second-order valence-electron chi connectivity index (χ2n) is 6.70. The number of nitrogens with two attached hydrogens (primary N) is 1. The Bertz CT molecular complexity index is 700. The maximum absolute atomic E-state index is 12.7. The van der Waals surface area contributed by atoms with E-state index in [1.807, 2.05) is 18.2 Å². The van der Waals surface area contributed by atoms with Crippen LogP contribution in [-0.4, -0.2) is 68.5 Å². The van der Waals surface area contributed by atoms with Gasteiger partial charge in [-0.2, -0.15) is 4.31 Å². The molecule has 7 nitrogen and oxygen atoms in total. The van der Waals surface area contributed by atoms with Crippen molar-refractivity contribution in [3.8, 4) is 0 Å². The van der Waals surface area contributed by atoms with Gasteiger partial charge in [-0.1, -0.05) is 30.3 Å². The number of halogens is 1. The van der Waals surface area contributed by atoms with Crippen molar-refractivity contribution in [2.24, 2.45) is 5.73 Å². The van der Waals surface area contributed by atoms with E-state index in [1.165, 1.54) is 4.31 Å². The van der Waals surface area contributed by atoms with Gasteiger partial charge in [-0.3, -0.25) is 4.79 Å². The first-order valence-electron chi connectivity index (χ1n) is 8.58. The second-order valence-corrected chi connectivity index (χ2v) is 8.67. The molecule has 1 amide bonds. The van der Waals surface area contributed by atoms with Crippen molar-refractivity contribution in [1.29, 1.82) is 0 Å². The average Bonchev–Trinajstić information content (AvgIpc) is 2.62. The molecule has 0 aliphatic carbocycles. The van der Waals surface area contributed by atoms with E-state index < -0.39 is 15.6 Å². The molecule has 2 saturated heterocycles. The number of benzene rings is 1. The molecule has 0 atom stereocenters. The van der Waals surface area contributed by atoms with Gasteiger partial charge >= 0.3 is 0 Å². The number of hydrogen-bond acceptors (Lipinski definition) is 5. The molecule has 2 heterocycles. The van der Waals surface area contributed by atoms with E-state index in [0.717, 1.165) is 5.56 Å². The number of nitrogens with zero attached hydrogens (tertiary/aromatic N) is 2. The van der Waals surface area contributed by atoms with Crippen molar-refractivity contribution in [2.45, 2.75) is 24.1 Å². The van der Waals surface area contributed by atoms with Gasteiger partial charge in [0, 0.05) is 39.4 Å². The Morgan fingerprint density at radius 1 is 1.08 bits per heavy atom. The summed E-state index contributed by atoms with van der Waals surface area (Å²) in [6.45, 7) is 2.38. The maximum Gasteiger partial charge on any atom is 0.242 e. The number of ether oxygens (including phenoxy) is 1. The number of carbonyl (C=O) groups excluding carboxylic acids is 1. The van der Waals surface area contributed by atoms with E-state index in [2.05, 4.69) is 0 Å². The lowest BCUT2D eigenvalue weighted by molar-refractivity contribution is -0.141. The van der Waals surface area contributed by atoms with Crippen LogP contribution in [0.25, 0.3) is 0 Å². The third kappa shape index (κ3) is 4.75. The van der Waals surface area contributed by atoms with Gasteiger partial charge in [0.2, 0.25) is 15.9 Å². The zero-order chi connectivity index (χ0) is 17.9. The molecule has 2 N–H and O–H groups in total. The Kier molecular flexibility index (Phi) is 7.04. The lowest BCUT2D eigenvalue weighted by atomic mass is 9.89. The smallest absolute Gasteiger partial charge is 0.242 e. The molecule has 2 aliphatic rings. The largest absolute Gasteiger partial charge is 0.381 e. The second kappa shape index (κ2) is 8.67. The first-order chi connectivity index (χ1) is 11.9. The Morgan fingerprint density at radius 2 is 1.65 bits per heavy atom. The first-order valence-corrected chi connectivity index (χ1v) is 10.2. The Morgan fingerprint density at radius 3 is 2.23 bits per heavy atom. The zero-order valence-corrected chi connectivity index (χ0v) is 16.3. The predicted octanol–water partition coefficient (Wildman–Crippen LogP) is 0.590. The van der Waals surface area contributed by atoms with Crippen molar-refractivity contribution in [3.05, 3.63) is 35.9 Å². The zero-order valence-electron chi connectivity index (χ0n) is 14.7. The minimum atomic E-state index is -3.38. The van der Waals surface area contributed by atoms with Crippen molar-refractivity contribution >= 4 is 28.3 Å². The number of amides is 1. The highest BCUT2D eigenvalue weighted by atomic mass is 35.5. The molecule has 3 rings (SSSR count). The van der Waals surface area contributed by atoms with E-state index in [1.54, 1.807) is 17.0 Å². The third-order valence-corrected chi connectivity index (χ3v) is 6.77. The van der Waals surface area contributed by atoms with Gasteiger partial charge in [-0.25, -0.2) is 8.42 Å². The molecule has 146 valence electrons. The van der Waals surface area contributed by atoms with Gasteiger partial charge in [0.25, 0.3) is 0 Å². The Balaban J connectivity index is 0.00000243. The van der Waals surface area contributed by atoms with Gasteiger partial charge in [-0.05, 0) is 18.4 Å². The molecule has 9 heteroatoms. The van der Waals surface area contributed by atoms with Crippen LogP contribution in [0, 0.1) is 0 Å². The number of rotatable bonds is 4. The van der Waals surface area contributed by atoms with Crippen LogP contribution in [0.3, 0.4) is 0 Å². The summed E-state index contributed by atoms with van der Waals surface area (Å²) in [7, 11) is -3.38. The molecule has 0 radical (unpaired) electrons. The van der Waals surface area contributed by atoms with Crippen LogP contribution in [0.2, 0.25) is 0 Å². The number of sulfonamides is 1. The van der Waals surface area contributed by atoms with Crippen molar-refractivity contribution < 1.29 is 17.9 Å². The van der Waals surface area contributed by atoms with Crippen LogP contribution >= 0.6 is 12.4 Å². The summed E-state index contributed by atoms with van der Waals surface area (Å²) in [6.07, 6.45) is 1.02. The molecule has 0 aromatic heterocycles. The van der Waals surface area contributed by atoms with Gasteiger partial charge in [0.05, 0.1) is 11.3 Å². The quantitative estimate of drug-likeness (QED) is 0.794. The topological polar surface area (TPSA) is 92.9 Å². The third-order valence-electron chi connectivity index (χ3n) is 4.92. The first kappa shape index (κ1) is 21.1. The molecule has 0 saturated carbocycles. The van der Waals surface area contributed by atoms with Crippen LogP contribution < -0.4 is 5.73 Å². The molecule has 26 heavy (non-hydrogen) atoms. The molecule has 0 spiro atoms. The van der Waals surface area contributed by atoms with Gasteiger partial charge < -0.3 is 15.4 Å². The summed E-state index contributed by atoms with van der Waals surface area (Å²) in [4.78, 5) is 14.4. The van der Waals surface area contributed by atoms with Gasteiger partial charge in [-0.15, -0.1) is 12.4 Å². The predicted molar refractivity (Wildman–Crippen MR) is 101 cm³/mol. The highest BCUT2D eigenvalue weighted by molar-refractivity contribution is 7.88. The number of piperazine rings is 1. The van der Waals surface area contributed by atoms with Crippen LogP contribution in [-0.2, 0) is 25.3 Å². The lowest BCUT2D eigenvalue weighted by Gasteiger charge is -2.40. The average molecular weight is 404 g/mol. The number of carbonyl (C=O) groups is 1. The van der Waals surface area contributed by atoms with Crippen molar-refractivity contribution in [3.63, 3.8) is 0 Å². The highest BCUT2D eigenvalue weighted by Crippen LogP contribution is 2.22. The molecule has 2 fully saturated rings. The van der Waals surface area contributed by atoms with Gasteiger partial charge in [0.15, 0.2) is 0 Å². The summed E-state index contributed by atoms with van der Waals surface area (Å²) in [6, 6.07) is 9.13. The normalized spacial score (nSPS) is 21.0. The Hall–Kier alpha value is -1.19. The lowest BCUT2D eigenvalue weighted by Crippen LogP contribution is -2.61. The van der Waals surface area contributed by atoms with Crippen molar-refractivity contribution in [2.75, 3.05) is 39.4 Å². The van der Waals surface area contributed by atoms with E-state index >= 15 is 0 Å². The monoisotopic (exact) mass is 403 g/mol. The minimum absolute atomic E-state index is 0. The fourth-order valence-electron chi connectivity index (χ4n) is 3.31. The summed E-state index contributed by atoms with van der Waals surface area (Å²) in [5.41, 5.74) is 6.15. The summed E-state index contributed by atoms with van der Waals surface area (Å²) in [5.74, 6) is -0.101. The minimum Gasteiger partial charge on any atom is -0.381 e.